The van der Waals surface area contributed by atoms with Crippen LogP contribution in [0.1, 0.15) is 48.5 Å². The number of anilines is 1. The molecule has 3 N–H and O–H groups in total. The molecule has 3 rings (SSSR count). The number of nitrogens with zero attached hydrogens (tertiary/aromatic N) is 1. The van der Waals surface area contributed by atoms with Gasteiger partial charge < -0.3 is 15.8 Å². The lowest BCUT2D eigenvalue weighted by molar-refractivity contribution is -0.123. The minimum atomic E-state index is -0.213. The number of benzene rings is 2. The van der Waals surface area contributed by atoms with Crippen molar-refractivity contribution in [3.63, 3.8) is 0 Å². The molecular weight excluding hydrogens is 406 g/mol. The summed E-state index contributed by atoms with van der Waals surface area (Å²) in [7, 11) is 0. The van der Waals surface area contributed by atoms with E-state index in [0.717, 1.165) is 43.8 Å². The fourth-order valence-electron chi connectivity index (χ4n) is 3.88. The molecule has 32 heavy (non-hydrogen) atoms. The largest absolute Gasteiger partial charge is 0.494 e. The zero-order valence-corrected chi connectivity index (χ0v) is 18.5. The smallest absolute Gasteiger partial charge is 0.224 e. The molecule has 1 aliphatic heterocycles. The van der Waals surface area contributed by atoms with E-state index in [0.29, 0.717) is 17.9 Å². The number of piperidine rings is 1. The SMILES string of the molecule is CCOc1ccc(C(=O)CCC(=O)Nc2cccc(CN3CCC(C(N)=O)CC3)c2)cc1. The van der Waals surface area contributed by atoms with Crippen molar-refractivity contribution in [3.05, 3.63) is 59.7 Å². The predicted octanol–water partition coefficient (Wildman–Crippen LogP) is 3.38. The number of hydrogen-bond donors (Lipinski definition) is 2. The maximum absolute atomic E-state index is 12.4. The van der Waals surface area contributed by atoms with E-state index in [1.165, 1.54) is 0 Å². The van der Waals surface area contributed by atoms with Crippen molar-refractivity contribution in [3.8, 4) is 5.75 Å². The molecule has 2 amide bonds. The molecule has 1 saturated heterocycles. The number of carbonyl (C=O) groups is 3. The summed E-state index contributed by atoms with van der Waals surface area (Å²) in [5.74, 6) is 0.219. The van der Waals surface area contributed by atoms with Crippen LogP contribution in [0, 0.1) is 5.92 Å². The van der Waals surface area contributed by atoms with Crippen LogP contribution in [-0.4, -0.2) is 42.2 Å². The third kappa shape index (κ3) is 6.92. The first-order valence-electron chi connectivity index (χ1n) is 11.1. The second-order valence-corrected chi connectivity index (χ2v) is 8.08. The second kappa shape index (κ2) is 11.4. The van der Waals surface area contributed by atoms with Gasteiger partial charge in [-0.05, 0) is 74.8 Å². The average molecular weight is 438 g/mol. The Labute approximate surface area is 188 Å². The molecule has 0 spiro atoms. The van der Waals surface area contributed by atoms with Gasteiger partial charge in [-0.25, -0.2) is 0 Å². The number of hydrogen-bond acceptors (Lipinski definition) is 5. The van der Waals surface area contributed by atoms with Gasteiger partial charge in [0.05, 0.1) is 6.61 Å². The van der Waals surface area contributed by atoms with E-state index >= 15 is 0 Å². The lowest BCUT2D eigenvalue weighted by Crippen LogP contribution is -2.38. The number of ether oxygens (including phenoxy) is 1. The highest BCUT2D eigenvalue weighted by Gasteiger charge is 2.23. The topological polar surface area (TPSA) is 102 Å². The second-order valence-electron chi connectivity index (χ2n) is 8.08. The molecule has 1 heterocycles. The summed E-state index contributed by atoms with van der Waals surface area (Å²) in [6.07, 6.45) is 1.84. The summed E-state index contributed by atoms with van der Waals surface area (Å²) in [4.78, 5) is 38.3. The molecule has 7 nitrogen and oxygen atoms in total. The maximum Gasteiger partial charge on any atom is 0.224 e. The summed E-state index contributed by atoms with van der Waals surface area (Å²) >= 11 is 0. The van der Waals surface area contributed by atoms with Crippen LogP contribution in [0.15, 0.2) is 48.5 Å². The van der Waals surface area contributed by atoms with Crippen LogP contribution in [0.2, 0.25) is 0 Å². The summed E-state index contributed by atoms with van der Waals surface area (Å²) in [6, 6.07) is 14.7. The van der Waals surface area contributed by atoms with Crippen LogP contribution in [-0.2, 0) is 16.1 Å². The third-order valence-electron chi connectivity index (χ3n) is 5.67. The van der Waals surface area contributed by atoms with Crippen molar-refractivity contribution in [2.24, 2.45) is 11.7 Å². The van der Waals surface area contributed by atoms with E-state index in [2.05, 4.69) is 10.2 Å². The van der Waals surface area contributed by atoms with Gasteiger partial charge in [0.1, 0.15) is 5.75 Å². The normalized spacial score (nSPS) is 14.7. The number of nitrogens with two attached hydrogens (primary N) is 1. The Morgan fingerprint density at radius 3 is 2.44 bits per heavy atom. The summed E-state index contributed by atoms with van der Waals surface area (Å²) in [6.45, 7) is 4.89. The van der Waals surface area contributed by atoms with Crippen molar-refractivity contribution >= 4 is 23.3 Å². The molecule has 0 aliphatic carbocycles. The standard InChI is InChI=1S/C25H31N3O4/c1-2-32-22-8-6-19(7-9-22)23(29)10-11-24(30)27-21-5-3-4-18(16-21)17-28-14-12-20(13-15-28)25(26)31/h3-9,16,20H,2,10-15,17H2,1H3,(H2,26,31)(H,27,30). The van der Waals surface area contributed by atoms with Gasteiger partial charge in [0, 0.05) is 36.6 Å². The highest BCUT2D eigenvalue weighted by molar-refractivity contribution is 6.00. The molecule has 1 fully saturated rings. The van der Waals surface area contributed by atoms with E-state index in [4.69, 9.17) is 10.5 Å². The Balaban J connectivity index is 1.46. The van der Waals surface area contributed by atoms with Crippen LogP contribution in [0.5, 0.6) is 5.75 Å². The fourth-order valence-corrected chi connectivity index (χ4v) is 3.88. The van der Waals surface area contributed by atoms with E-state index in [9.17, 15) is 14.4 Å². The minimum absolute atomic E-state index is 0.0257. The van der Waals surface area contributed by atoms with Gasteiger partial charge in [0.2, 0.25) is 11.8 Å². The number of nitrogens with one attached hydrogen (secondary N) is 1. The number of rotatable bonds is 10. The molecule has 2 aromatic carbocycles. The van der Waals surface area contributed by atoms with Gasteiger partial charge in [-0.2, -0.15) is 0 Å². The zero-order chi connectivity index (χ0) is 22.9. The van der Waals surface area contributed by atoms with E-state index in [-0.39, 0.29) is 36.4 Å². The number of primary amides is 1. The van der Waals surface area contributed by atoms with Crippen LogP contribution < -0.4 is 15.8 Å². The summed E-state index contributed by atoms with van der Waals surface area (Å²) < 4.78 is 5.38. The Morgan fingerprint density at radius 1 is 1.06 bits per heavy atom. The molecule has 0 unspecified atom stereocenters. The molecule has 170 valence electrons. The summed E-state index contributed by atoms with van der Waals surface area (Å²) in [5.41, 5.74) is 7.78. The molecule has 0 atom stereocenters. The summed E-state index contributed by atoms with van der Waals surface area (Å²) in [5, 5.41) is 2.88. The predicted molar refractivity (Wildman–Crippen MR) is 123 cm³/mol. The number of carbonyl (C=O) groups excluding carboxylic acids is 3. The number of amides is 2. The van der Waals surface area contributed by atoms with E-state index in [1.54, 1.807) is 24.3 Å². The van der Waals surface area contributed by atoms with Crippen molar-refractivity contribution in [1.29, 1.82) is 0 Å². The molecule has 1 aliphatic rings. The molecule has 7 heteroatoms. The Hall–Kier alpha value is -3.19. The van der Waals surface area contributed by atoms with Gasteiger partial charge in [0.25, 0.3) is 0 Å². The maximum atomic E-state index is 12.4. The molecule has 0 radical (unpaired) electrons. The molecule has 0 saturated carbocycles. The first-order chi connectivity index (χ1) is 15.4. The number of ketones is 1. The molecular formula is C25H31N3O4. The van der Waals surface area contributed by atoms with Crippen molar-refractivity contribution in [2.75, 3.05) is 25.0 Å². The highest BCUT2D eigenvalue weighted by atomic mass is 16.5. The number of likely N-dealkylation sites (tertiary alicyclic amines) is 1. The van der Waals surface area contributed by atoms with Crippen LogP contribution in [0.25, 0.3) is 0 Å². The Morgan fingerprint density at radius 2 is 1.78 bits per heavy atom. The van der Waals surface area contributed by atoms with Crippen molar-refractivity contribution < 1.29 is 19.1 Å². The lowest BCUT2D eigenvalue weighted by Gasteiger charge is -2.30. The average Bonchev–Trinajstić information content (AvgIpc) is 2.79. The van der Waals surface area contributed by atoms with Crippen LogP contribution in [0.3, 0.4) is 0 Å². The lowest BCUT2D eigenvalue weighted by atomic mass is 9.96. The van der Waals surface area contributed by atoms with E-state index in [1.807, 2.05) is 31.2 Å². The quantitative estimate of drug-likeness (QED) is 0.555. The van der Waals surface area contributed by atoms with Crippen LogP contribution in [0.4, 0.5) is 5.69 Å². The molecule has 2 aromatic rings. The Kier molecular flexibility index (Phi) is 8.39. The molecule has 0 aromatic heterocycles. The van der Waals surface area contributed by atoms with Gasteiger partial charge in [-0.3, -0.25) is 19.3 Å². The van der Waals surface area contributed by atoms with Gasteiger partial charge >= 0.3 is 0 Å². The zero-order valence-electron chi connectivity index (χ0n) is 18.5. The fraction of sp³-hybridized carbons (Fsp3) is 0.400. The first-order valence-corrected chi connectivity index (χ1v) is 11.1. The van der Waals surface area contributed by atoms with Gasteiger partial charge in [-0.1, -0.05) is 12.1 Å². The van der Waals surface area contributed by atoms with Crippen LogP contribution >= 0.6 is 0 Å². The van der Waals surface area contributed by atoms with Crippen molar-refractivity contribution in [1.82, 2.24) is 4.90 Å². The Bertz CT molecular complexity index is 934. The molecule has 0 bridgehead atoms. The first kappa shape index (κ1) is 23.5. The van der Waals surface area contributed by atoms with Gasteiger partial charge in [-0.15, -0.1) is 0 Å². The number of Topliss-reactive ketones (excluding diaryl/α,β-unsaturated/α-hetero) is 1. The van der Waals surface area contributed by atoms with E-state index < -0.39 is 0 Å². The highest BCUT2D eigenvalue weighted by Crippen LogP contribution is 2.20. The van der Waals surface area contributed by atoms with Crippen molar-refractivity contribution in [2.45, 2.75) is 39.2 Å². The third-order valence-corrected chi connectivity index (χ3v) is 5.67. The van der Waals surface area contributed by atoms with Gasteiger partial charge in [0.15, 0.2) is 5.78 Å². The monoisotopic (exact) mass is 437 g/mol. The minimum Gasteiger partial charge on any atom is -0.494 e.